The molecule has 1 aromatic heterocycles. The second kappa shape index (κ2) is 6.33. The summed E-state index contributed by atoms with van der Waals surface area (Å²) in [5.74, 6) is 0.0469. The highest BCUT2D eigenvalue weighted by Gasteiger charge is 2.24. The Labute approximate surface area is 123 Å². The molecule has 19 heavy (non-hydrogen) atoms. The summed E-state index contributed by atoms with van der Waals surface area (Å²) >= 11 is 3.34. The van der Waals surface area contributed by atoms with Gasteiger partial charge in [0.25, 0.3) is 0 Å². The van der Waals surface area contributed by atoms with Crippen LogP contribution in [0.15, 0.2) is 16.7 Å². The van der Waals surface area contributed by atoms with E-state index in [9.17, 15) is 8.42 Å². The zero-order valence-corrected chi connectivity index (χ0v) is 13.5. The van der Waals surface area contributed by atoms with Gasteiger partial charge in [0.1, 0.15) is 0 Å². The van der Waals surface area contributed by atoms with Crippen molar-refractivity contribution in [1.29, 1.82) is 0 Å². The molecule has 0 aliphatic carbocycles. The van der Waals surface area contributed by atoms with Crippen LogP contribution in [0.3, 0.4) is 0 Å². The molecule has 1 saturated heterocycles. The topological polar surface area (TPSA) is 50.3 Å². The van der Waals surface area contributed by atoms with Crippen LogP contribution in [-0.4, -0.2) is 30.8 Å². The molecule has 2 rings (SSSR count). The smallest absolute Gasteiger partial charge is 0.218 e. The first-order chi connectivity index (χ1) is 8.99. The van der Waals surface area contributed by atoms with E-state index >= 15 is 0 Å². The van der Waals surface area contributed by atoms with Crippen LogP contribution in [0.1, 0.15) is 36.9 Å². The molecule has 0 saturated carbocycles. The van der Waals surface area contributed by atoms with Gasteiger partial charge in [-0.1, -0.05) is 12.8 Å². The van der Waals surface area contributed by atoms with Gasteiger partial charge in [-0.15, -0.1) is 0 Å². The van der Waals surface area contributed by atoms with Crippen molar-refractivity contribution in [3.8, 4) is 0 Å². The summed E-state index contributed by atoms with van der Waals surface area (Å²) in [6.45, 7) is 3.16. The van der Waals surface area contributed by atoms with Gasteiger partial charge in [-0.25, -0.2) is 12.7 Å². The van der Waals surface area contributed by atoms with Crippen molar-refractivity contribution in [3.05, 3.63) is 28.0 Å². The standard InChI is InChI=1S/C13H19BrN2O2S/c1-11-12(8-13(14)9-15-11)10-19(17,18)16-6-4-2-3-5-7-16/h8-9H,2-7,10H2,1H3. The molecule has 0 spiro atoms. The lowest BCUT2D eigenvalue weighted by molar-refractivity contribution is 0.423. The Morgan fingerprint density at radius 2 is 1.89 bits per heavy atom. The van der Waals surface area contributed by atoms with Crippen LogP contribution in [0.4, 0.5) is 0 Å². The Morgan fingerprint density at radius 1 is 1.26 bits per heavy atom. The maximum Gasteiger partial charge on any atom is 0.218 e. The van der Waals surface area contributed by atoms with E-state index in [0.29, 0.717) is 13.1 Å². The molecule has 2 heterocycles. The van der Waals surface area contributed by atoms with Crippen molar-refractivity contribution in [3.63, 3.8) is 0 Å². The highest BCUT2D eigenvalue weighted by atomic mass is 79.9. The summed E-state index contributed by atoms with van der Waals surface area (Å²) in [6.07, 6.45) is 5.88. The van der Waals surface area contributed by atoms with Crippen LogP contribution in [0.25, 0.3) is 0 Å². The number of nitrogens with zero attached hydrogens (tertiary/aromatic N) is 2. The second-order valence-corrected chi connectivity index (χ2v) is 7.85. The molecule has 1 aliphatic heterocycles. The lowest BCUT2D eigenvalue weighted by Crippen LogP contribution is -2.33. The number of pyridine rings is 1. The monoisotopic (exact) mass is 346 g/mol. The quantitative estimate of drug-likeness (QED) is 0.845. The Balaban J connectivity index is 2.18. The molecule has 1 aliphatic rings. The normalized spacial score (nSPS) is 18.2. The maximum absolute atomic E-state index is 12.5. The fourth-order valence-electron chi connectivity index (χ4n) is 2.30. The average molecular weight is 347 g/mol. The van der Waals surface area contributed by atoms with Gasteiger partial charge < -0.3 is 0 Å². The van der Waals surface area contributed by atoms with Crippen molar-refractivity contribution >= 4 is 26.0 Å². The third kappa shape index (κ3) is 4.00. The Hall–Kier alpha value is -0.460. The molecule has 1 aromatic rings. The number of rotatable bonds is 3. The SMILES string of the molecule is Cc1ncc(Br)cc1CS(=O)(=O)N1CCCCCC1. The van der Waals surface area contributed by atoms with E-state index in [1.807, 2.05) is 13.0 Å². The van der Waals surface area contributed by atoms with Gasteiger partial charge in [0.05, 0.1) is 5.75 Å². The Kier molecular flexibility index (Phi) is 4.97. The summed E-state index contributed by atoms with van der Waals surface area (Å²) in [5.41, 5.74) is 1.56. The molecule has 0 radical (unpaired) electrons. The molecule has 1 fully saturated rings. The van der Waals surface area contributed by atoms with E-state index in [1.54, 1.807) is 10.5 Å². The molecule has 4 nitrogen and oxygen atoms in total. The van der Waals surface area contributed by atoms with Crippen molar-refractivity contribution < 1.29 is 8.42 Å². The first kappa shape index (κ1) is 14.9. The molecule has 0 N–H and O–H groups in total. The van der Waals surface area contributed by atoms with E-state index in [1.165, 1.54) is 0 Å². The zero-order valence-electron chi connectivity index (χ0n) is 11.1. The van der Waals surface area contributed by atoms with E-state index in [4.69, 9.17) is 0 Å². The van der Waals surface area contributed by atoms with Crippen LogP contribution >= 0.6 is 15.9 Å². The summed E-state index contributed by atoms with van der Waals surface area (Å²) in [4.78, 5) is 4.20. The minimum Gasteiger partial charge on any atom is -0.260 e. The first-order valence-corrected chi connectivity index (χ1v) is 8.98. The van der Waals surface area contributed by atoms with Gasteiger partial charge in [-0.2, -0.15) is 0 Å². The van der Waals surface area contributed by atoms with Crippen LogP contribution in [0, 0.1) is 6.92 Å². The zero-order chi connectivity index (χ0) is 13.9. The predicted molar refractivity (Wildman–Crippen MR) is 79.3 cm³/mol. The van der Waals surface area contributed by atoms with E-state index < -0.39 is 10.0 Å². The predicted octanol–water partition coefficient (Wildman–Crippen LogP) is 2.86. The lowest BCUT2D eigenvalue weighted by Gasteiger charge is -2.20. The van der Waals surface area contributed by atoms with Gasteiger partial charge in [-0.3, -0.25) is 4.98 Å². The van der Waals surface area contributed by atoms with Crippen LogP contribution in [0.2, 0.25) is 0 Å². The minimum absolute atomic E-state index is 0.0469. The van der Waals surface area contributed by atoms with Gasteiger partial charge in [0.2, 0.25) is 10.0 Å². The van der Waals surface area contributed by atoms with E-state index in [0.717, 1.165) is 41.4 Å². The molecular weight excluding hydrogens is 328 g/mol. The third-order valence-electron chi connectivity index (χ3n) is 3.45. The summed E-state index contributed by atoms with van der Waals surface area (Å²) in [6, 6.07) is 1.84. The number of hydrogen-bond donors (Lipinski definition) is 0. The van der Waals surface area contributed by atoms with Gasteiger partial charge in [0, 0.05) is 29.5 Å². The largest absolute Gasteiger partial charge is 0.260 e. The fourth-order valence-corrected chi connectivity index (χ4v) is 4.36. The fraction of sp³-hybridized carbons (Fsp3) is 0.615. The van der Waals surface area contributed by atoms with E-state index in [-0.39, 0.29) is 5.75 Å². The molecule has 0 amide bonds. The van der Waals surface area contributed by atoms with Gasteiger partial charge >= 0.3 is 0 Å². The van der Waals surface area contributed by atoms with Crippen LogP contribution in [0.5, 0.6) is 0 Å². The lowest BCUT2D eigenvalue weighted by atomic mass is 10.2. The van der Waals surface area contributed by atoms with Gasteiger partial charge in [-0.05, 0) is 47.3 Å². The molecular formula is C13H19BrN2O2S. The number of aromatic nitrogens is 1. The molecule has 0 bridgehead atoms. The Morgan fingerprint density at radius 3 is 2.53 bits per heavy atom. The van der Waals surface area contributed by atoms with Crippen LogP contribution < -0.4 is 0 Å². The summed E-state index contributed by atoms with van der Waals surface area (Å²) in [5, 5.41) is 0. The number of halogens is 1. The highest BCUT2D eigenvalue weighted by molar-refractivity contribution is 9.10. The number of hydrogen-bond acceptors (Lipinski definition) is 3. The Bertz CT molecular complexity index is 538. The molecule has 6 heteroatoms. The molecule has 0 unspecified atom stereocenters. The van der Waals surface area contributed by atoms with Crippen LogP contribution in [-0.2, 0) is 15.8 Å². The van der Waals surface area contributed by atoms with Crippen molar-refractivity contribution in [2.75, 3.05) is 13.1 Å². The van der Waals surface area contributed by atoms with Crippen molar-refractivity contribution in [1.82, 2.24) is 9.29 Å². The van der Waals surface area contributed by atoms with Gasteiger partial charge in [0.15, 0.2) is 0 Å². The molecule has 106 valence electrons. The minimum atomic E-state index is -3.23. The average Bonchev–Trinajstić information content (AvgIpc) is 2.63. The number of sulfonamides is 1. The van der Waals surface area contributed by atoms with Crippen molar-refractivity contribution in [2.24, 2.45) is 0 Å². The third-order valence-corrected chi connectivity index (χ3v) is 5.72. The molecule has 0 atom stereocenters. The van der Waals surface area contributed by atoms with Crippen molar-refractivity contribution in [2.45, 2.75) is 38.4 Å². The highest BCUT2D eigenvalue weighted by Crippen LogP contribution is 2.20. The molecule has 0 aromatic carbocycles. The summed E-state index contributed by atoms with van der Waals surface area (Å²) < 4.78 is 27.4. The number of aryl methyl sites for hydroxylation is 1. The second-order valence-electron chi connectivity index (χ2n) is 4.97. The first-order valence-electron chi connectivity index (χ1n) is 6.58. The summed E-state index contributed by atoms with van der Waals surface area (Å²) in [7, 11) is -3.23. The maximum atomic E-state index is 12.5. The van der Waals surface area contributed by atoms with E-state index in [2.05, 4.69) is 20.9 Å².